The summed E-state index contributed by atoms with van der Waals surface area (Å²) in [7, 11) is 1.37. The van der Waals surface area contributed by atoms with Gasteiger partial charge in [0.2, 0.25) is 0 Å². The van der Waals surface area contributed by atoms with Crippen molar-refractivity contribution in [3.05, 3.63) is 34.9 Å². The molecule has 1 aromatic carbocycles. The Labute approximate surface area is 103 Å². The molecule has 0 atom stereocenters. The van der Waals surface area contributed by atoms with Crippen LogP contribution in [0.1, 0.15) is 21.5 Å². The zero-order valence-electron chi connectivity index (χ0n) is 8.54. The fourth-order valence-electron chi connectivity index (χ4n) is 1.20. The van der Waals surface area contributed by atoms with Crippen LogP contribution in [0.15, 0.2) is 18.2 Å². The molecule has 0 aromatic heterocycles. The van der Waals surface area contributed by atoms with Crippen LogP contribution >= 0.6 is 28.1 Å². The smallest absolute Gasteiger partial charge is 0.338 e. The molecule has 0 amide bonds. The van der Waals surface area contributed by atoms with E-state index in [1.54, 1.807) is 6.07 Å². The molecule has 0 aliphatic carbocycles. The van der Waals surface area contributed by atoms with E-state index in [0.29, 0.717) is 10.9 Å². The van der Waals surface area contributed by atoms with Crippen LogP contribution in [-0.4, -0.2) is 23.3 Å². The van der Waals surface area contributed by atoms with Gasteiger partial charge in [-0.3, -0.25) is 0 Å². The molecular formula is C11H11BrO2S. The Hall–Kier alpha value is -0.740. The van der Waals surface area contributed by atoms with Crippen molar-refractivity contribution in [2.24, 2.45) is 0 Å². The number of ether oxygens (including phenoxy) is 1. The van der Waals surface area contributed by atoms with E-state index < -0.39 is 0 Å². The summed E-state index contributed by atoms with van der Waals surface area (Å²) in [6.07, 6.45) is 0. The third kappa shape index (κ3) is 2.86. The lowest BCUT2D eigenvalue weighted by Crippen LogP contribution is -2.07. The normalized spacial score (nSPS) is 9.80. The molecule has 0 bridgehead atoms. The molecule has 0 spiro atoms. The molecule has 0 N–H and O–H groups in total. The standard InChI is InChI=1S/C11H11BrO2S/c1-7-3-4-8(10(15)6-12)5-9(7)11(13)14-2/h3-5H,6H2,1-2H3. The molecule has 2 nitrogen and oxygen atoms in total. The molecule has 15 heavy (non-hydrogen) atoms. The summed E-state index contributed by atoms with van der Waals surface area (Å²) in [5.41, 5.74) is 2.34. The molecule has 0 aliphatic heterocycles. The lowest BCUT2D eigenvalue weighted by Gasteiger charge is -2.06. The minimum Gasteiger partial charge on any atom is -0.465 e. The number of carbonyl (C=O) groups is 1. The van der Waals surface area contributed by atoms with Crippen molar-refractivity contribution in [3.8, 4) is 0 Å². The third-order valence-corrected chi connectivity index (χ3v) is 3.40. The van der Waals surface area contributed by atoms with Crippen LogP contribution in [0.25, 0.3) is 0 Å². The summed E-state index contributed by atoms with van der Waals surface area (Å²) in [6.45, 7) is 1.87. The van der Waals surface area contributed by atoms with Gasteiger partial charge in [-0.05, 0) is 24.1 Å². The highest BCUT2D eigenvalue weighted by Crippen LogP contribution is 2.14. The average Bonchev–Trinajstić information content (AvgIpc) is 2.27. The summed E-state index contributed by atoms with van der Waals surface area (Å²) in [5, 5.41) is 0.617. The van der Waals surface area contributed by atoms with Crippen molar-refractivity contribution in [3.63, 3.8) is 0 Å². The molecule has 0 heterocycles. The maximum atomic E-state index is 11.4. The first-order valence-electron chi connectivity index (χ1n) is 4.38. The number of benzene rings is 1. The first-order chi connectivity index (χ1) is 7.10. The molecule has 80 valence electrons. The molecule has 1 aromatic rings. The number of hydrogen-bond acceptors (Lipinski definition) is 3. The van der Waals surface area contributed by atoms with Gasteiger partial charge in [0, 0.05) is 10.2 Å². The number of hydrogen-bond donors (Lipinski definition) is 0. The number of thiocarbonyl (C=S) groups is 1. The van der Waals surface area contributed by atoms with Crippen LogP contribution in [0.5, 0.6) is 0 Å². The van der Waals surface area contributed by atoms with E-state index in [1.165, 1.54) is 7.11 Å². The molecule has 4 heteroatoms. The SMILES string of the molecule is COC(=O)c1cc(C(=S)CBr)ccc1C. The van der Waals surface area contributed by atoms with Gasteiger partial charge in [0.15, 0.2) is 0 Å². The molecule has 0 aliphatic rings. The summed E-state index contributed by atoms with van der Waals surface area (Å²) in [5.74, 6) is -0.327. The van der Waals surface area contributed by atoms with Crippen LogP contribution in [-0.2, 0) is 4.74 Å². The first-order valence-corrected chi connectivity index (χ1v) is 5.91. The van der Waals surface area contributed by atoms with Crippen LogP contribution in [0.2, 0.25) is 0 Å². The number of carbonyl (C=O) groups excluding carboxylic acids is 1. The van der Waals surface area contributed by atoms with Gasteiger partial charge in [0.1, 0.15) is 0 Å². The highest BCUT2D eigenvalue weighted by Gasteiger charge is 2.11. The van der Waals surface area contributed by atoms with E-state index in [4.69, 9.17) is 17.0 Å². The van der Waals surface area contributed by atoms with Crippen LogP contribution in [0, 0.1) is 6.92 Å². The predicted molar refractivity (Wildman–Crippen MR) is 68.0 cm³/mol. The van der Waals surface area contributed by atoms with E-state index >= 15 is 0 Å². The number of aryl methyl sites for hydroxylation is 1. The Morgan fingerprint density at radius 2 is 2.20 bits per heavy atom. The maximum Gasteiger partial charge on any atom is 0.338 e. The summed E-state index contributed by atoms with van der Waals surface area (Å²) >= 11 is 8.44. The fourth-order valence-corrected chi connectivity index (χ4v) is 1.65. The van der Waals surface area contributed by atoms with Gasteiger partial charge >= 0.3 is 5.97 Å². The minimum atomic E-state index is -0.327. The summed E-state index contributed by atoms with van der Waals surface area (Å²) < 4.78 is 4.69. The van der Waals surface area contributed by atoms with E-state index in [0.717, 1.165) is 16.0 Å². The highest BCUT2D eigenvalue weighted by atomic mass is 79.9. The van der Waals surface area contributed by atoms with E-state index in [9.17, 15) is 4.79 Å². The summed E-state index contributed by atoms with van der Waals surface area (Å²) in [6, 6.07) is 5.55. The second kappa shape index (κ2) is 5.37. The Bertz CT molecular complexity index is 402. The largest absolute Gasteiger partial charge is 0.465 e. The van der Waals surface area contributed by atoms with Crippen molar-refractivity contribution in [1.29, 1.82) is 0 Å². The van der Waals surface area contributed by atoms with Crippen molar-refractivity contribution < 1.29 is 9.53 Å². The molecule has 0 saturated heterocycles. The lowest BCUT2D eigenvalue weighted by atomic mass is 10.0. The Kier molecular flexibility index (Phi) is 4.42. The number of rotatable bonds is 3. The van der Waals surface area contributed by atoms with Gasteiger partial charge in [-0.2, -0.15) is 0 Å². The topological polar surface area (TPSA) is 26.3 Å². The molecule has 1 rings (SSSR count). The number of alkyl halides is 1. The fraction of sp³-hybridized carbons (Fsp3) is 0.273. The van der Waals surface area contributed by atoms with Crippen molar-refractivity contribution in [2.45, 2.75) is 6.92 Å². The highest BCUT2D eigenvalue weighted by molar-refractivity contribution is 9.09. The minimum absolute atomic E-state index is 0.327. The van der Waals surface area contributed by atoms with E-state index in [2.05, 4.69) is 15.9 Å². The maximum absolute atomic E-state index is 11.4. The monoisotopic (exact) mass is 286 g/mol. The second-order valence-corrected chi connectivity index (χ2v) is 4.13. The van der Waals surface area contributed by atoms with Gasteiger partial charge in [0.25, 0.3) is 0 Å². The molecule has 0 unspecified atom stereocenters. The Balaban J connectivity index is 3.16. The number of halogens is 1. The van der Waals surface area contributed by atoms with Gasteiger partial charge < -0.3 is 4.74 Å². The lowest BCUT2D eigenvalue weighted by molar-refractivity contribution is 0.0600. The van der Waals surface area contributed by atoms with Gasteiger partial charge in [-0.25, -0.2) is 4.79 Å². The van der Waals surface area contributed by atoms with Gasteiger partial charge in [-0.1, -0.05) is 40.3 Å². The van der Waals surface area contributed by atoms with Crippen LogP contribution < -0.4 is 0 Å². The first kappa shape index (κ1) is 12.3. The number of esters is 1. The van der Waals surface area contributed by atoms with Crippen LogP contribution in [0.4, 0.5) is 0 Å². The van der Waals surface area contributed by atoms with E-state index in [-0.39, 0.29) is 5.97 Å². The zero-order chi connectivity index (χ0) is 11.4. The third-order valence-electron chi connectivity index (χ3n) is 2.09. The van der Waals surface area contributed by atoms with E-state index in [1.807, 2.05) is 19.1 Å². The molecule has 0 saturated carbocycles. The van der Waals surface area contributed by atoms with Crippen molar-refractivity contribution in [1.82, 2.24) is 0 Å². The predicted octanol–water partition coefficient (Wildman–Crippen LogP) is 2.89. The molecule has 0 fully saturated rings. The van der Waals surface area contributed by atoms with Crippen molar-refractivity contribution in [2.75, 3.05) is 12.4 Å². The number of methoxy groups -OCH3 is 1. The van der Waals surface area contributed by atoms with Gasteiger partial charge in [0.05, 0.1) is 12.7 Å². The van der Waals surface area contributed by atoms with Crippen LogP contribution in [0.3, 0.4) is 0 Å². The summed E-state index contributed by atoms with van der Waals surface area (Å²) in [4.78, 5) is 12.2. The quantitative estimate of drug-likeness (QED) is 0.370. The molecular weight excluding hydrogens is 276 g/mol. The van der Waals surface area contributed by atoms with Gasteiger partial charge in [-0.15, -0.1) is 0 Å². The molecule has 0 radical (unpaired) electrons. The average molecular weight is 287 g/mol. The second-order valence-electron chi connectivity index (χ2n) is 3.08. The van der Waals surface area contributed by atoms with Crippen molar-refractivity contribution >= 4 is 39.0 Å². The Morgan fingerprint density at radius 1 is 1.53 bits per heavy atom. The zero-order valence-corrected chi connectivity index (χ0v) is 10.9. The Morgan fingerprint density at radius 3 is 2.73 bits per heavy atom.